The molecule has 2 unspecified atom stereocenters. The van der Waals surface area contributed by atoms with Crippen molar-refractivity contribution in [3.8, 4) is 46.1 Å². The highest BCUT2D eigenvalue weighted by molar-refractivity contribution is 6.32. The average Bonchev–Trinajstić information content (AvgIpc) is 4.30. The van der Waals surface area contributed by atoms with Crippen LogP contribution in [0.1, 0.15) is 35.5 Å². The highest BCUT2D eigenvalue weighted by Crippen LogP contribution is 2.44. The molecule has 81 heavy (non-hydrogen) atoms. The fraction of sp³-hybridized carbons (Fsp3) is 0.0435. The maximum absolute atomic E-state index is 5.47. The molecule has 0 spiro atoms. The maximum Gasteiger partial charge on any atom is 0.238 e. The van der Waals surface area contributed by atoms with Crippen LogP contribution >= 0.6 is 0 Å². The van der Waals surface area contributed by atoms with Crippen LogP contribution in [0.5, 0.6) is 0 Å². The molecule has 9 aromatic carbocycles. The summed E-state index contributed by atoms with van der Waals surface area (Å²) in [4.78, 5) is 42.4. The van der Waals surface area contributed by atoms with E-state index < -0.39 is 6.17 Å². The lowest BCUT2D eigenvalue weighted by atomic mass is 10.00. The van der Waals surface area contributed by atoms with Gasteiger partial charge in [0, 0.05) is 60.5 Å². The molecule has 2 atom stereocenters. The highest BCUT2D eigenvalue weighted by Gasteiger charge is 2.29. The molecule has 0 radical (unpaired) electrons. The minimum absolute atomic E-state index is 0.0177. The number of rotatable bonds is 8. The standard InChI is InChI=1S/C69H46N12/c1-7-23-43(24-8-1)61-70-62(44-25-9-2-10-26-44)74-67(73-61)79-54-38-22-20-36-50(54)59-55(79)39-40-56-60(59)52-42-57-51(41-58(52)81(56)69-77-65(47-31-15-5-16-32-47)72-66(78-69)48-33-17-6-18-34-48)49-35-19-21-37-53(49)80(57)68-75-63(45-27-11-3-12-28-45)71-64(76-68)46-29-13-4-14-30-46/h1-25,27-42,44,65H,26H2,(H,72,77,78). The number of allylic oxidation sites excluding steroid dienone is 4. The van der Waals surface area contributed by atoms with Crippen molar-refractivity contribution in [2.75, 3.05) is 0 Å². The smallest absolute Gasteiger partial charge is 0.238 e. The molecule has 0 amide bonds. The van der Waals surface area contributed by atoms with Crippen molar-refractivity contribution in [3.05, 3.63) is 266 Å². The fourth-order valence-corrected chi connectivity index (χ4v) is 11.8. The third kappa shape index (κ3) is 7.75. The lowest BCUT2D eigenvalue weighted by molar-refractivity contribution is 0.661. The summed E-state index contributed by atoms with van der Waals surface area (Å²) in [5.41, 5.74) is 10.4. The van der Waals surface area contributed by atoms with E-state index in [1.54, 1.807) is 0 Å². The van der Waals surface area contributed by atoms with E-state index in [4.69, 9.17) is 39.9 Å². The van der Waals surface area contributed by atoms with E-state index >= 15 is 0 Å². The van der Waals surface area contributed by atoms with E-state index in [0.717, 1.165) is 99.7 Å². The first-order chi connectivity index (χ1) is 40.2. The number of hydrogen-bond acceptors (Lipinski definition) is 9. The molecule has 1 aliphatic carbocycles. The van der Waals surface area contributed by atoms with Crippen LogP contribution in [0, 0.1) is 0 Å². The monoisotopic (exact) mass is 1040 g/mol. The van der Waals surface area contributed by atoms with Crippen molar-refractivity contribution in [3.63, 3.8) is 0 Å². The molecule has 0 saturated heterocycles. The molecular weight excluding hydrogens is 997 g/mol. The quantitative estimate of drug-likeness (QED) is 0.160. The largest absolute Gasteiger partial charge is 0.330 e. The molecule has 382 valence electrons. The fourth-order valence-electron chi connectivity index (χ4n) is 11.8. The predicted molar refractivity (Wildman–Crippen MR) is 325 cm³/mol. The van der Waals surface area contributed by atoms with Crippen molar-refractivity contribution in [2.24, 2.45) is 9.98 Å². The number of fused-ring (bicyclic) bond motifs is 10. The topological polar surface area (TPSA) is 129 Å². The van der Waals surface area contributed by atoms with Crippen molar-refractivity contribution in [1.29, 1.82) is 0 Å². The van der Waals surface area contributed by atoms with Gasteiger partial charge in [-0.1, -0.05) is 212 Å². The molecule has 0 bridgehead atoms. The third-order valence-electron chi connectivity index (χ3n) is 15.5. The van der Waals surface area contributed by atoms with E-state index in [2.05, 4.69) is 165 Å². The summed E-state index contributed by atoms with van der Waals surface area (Å²) in [6.07, 6.45) is 8.86. The maximum atomic E-state index is 5.47. The van der Waals surface area contributed by atoms with Gasteiger partial charge in [0.15, 0.2) is 23.3 Å². The number of hydrogen-bond donors (Lipinski definition) is 1. The summed E-state index contributed by atoms with van der Waals surface area (Å²) in [5, 5.41) is 10.0. The lowest BCUT2D eigenvalue weighted by Crippen LogP contribution is -2.37. The van der Waals surface area contributed by atoms with Gasteiger partial charge < -0.3 is 5.32 Å². The Bertz CT molecular complexity index is 4870. The second-order valence-electron chi connectivity index (χ2n) is 20.3. The molecular formula is C69H46N12. The molecule has 5 aromatic heterocycles. The van der Waals surface area contributed by atoms with Crippen molar-refractivity contribution >= 4 is 77.2 Å². The van der Waals surface area contributed by atoms with Crippen molar-refractivity contribution < 1.29 is 0 Å². The Hall–Kier alpha value is -11.0. The first-order valence-electron chi connectivity index (χ1n) is 27.2. The second kappa shape index (κ2) is 18.9. The number of para-hydroxylation sites is 2. The normalized spacial score (nSPS) is 15.3. The summed E-state index contributed by atoms with van der Waals surface area (Å²) in [5.74, 6) is 4.80. The zero-order valence-electron chi connectivity index (χ0n) is 43.5. The summed E-state index contributed by atoms with van der Waals surface area (Å²) >= 11 is 0. The number of amidine groups is 1. The molecule has 0 fully saturated rings. The Morgan fingerprint density at radius 2 is 0.877 bits per heavy atom. The van der Waals surface area contributed by atoms with Gasteiger partial charge in [-0.25, -0.2) is 15.0 Å². The van der Waals surface area contributed by atoms with Crippen molar-refractivity contribution in [2.45, 2.75) is 18.5 Å². The Morgan fingerprint density at radius 1 is 0.383 bits per heavy atom. The van der Waals surface area contributed by atoms with Gasteiger partial charge in [-0.2, -0.15) is 24.9 Å². The zero-order valence-corrected chi connectivity index (χ0v) is 43.5. The average molecular weight is 1040 g/mol. The van der Waals surface area contributed by atoms with Crippen LogP contribution in [0.25, 0.3) is 111 Å². The third-order valence-corrected chi connectivity index (χ3v) is 15.5. The molecule has 1 aliphatic heterocycles. The Balaban J connectivity index is 1.02. The molecule has 16 rings (SSSR count). The summed E-state index contributed by atoms with van der Waals surface area (Å²) < 4.78 is 6.70. The van der Waals surface area contributed by atoms with E-state index in [1.165, 1.54) is 0 Å². The van der Waals surface area contributed by atoms with E-state index in [9.17, 15) is 0 Å². The van der Waals surface area contributed by atoms with Crippen LogP contribution in [0.15, 0.2) is 259 Å². The Morgan fingerprint density at radius 3 is 1.51 bits per heavy atom. The minimum atomic E-state index is -0.439. The molecule has 6 heterocycles. The lowest BCUT2D eigenvalue weighted by Gasteiger charge is -2.24. The van der Waals surface area contributed by atoms with Crippen molar-refractivity contribution in [1.82, 2.24) is 48.9 Å². The van der Waals surface area contributed by atoms with Gasteiger partial charge in [0.2, 0.25) is 17.9 Å². The summed E-state index contributed by atoms with van der Waals surface area (Å²) in [6, 6.07) is 77.2. The minimum Gasteiger partial charge on any atom is -0.330 e. The van der Waals surface area contributed by atoms with Crippen LogP contribution in [0.4, 0.5) is 0 Å². The van der Waals surface area contributed by atoms with Crippen LogP contribution in [0.3, 0.4) is 0 Å². The second-order valence-corrected chi connectivity index (χ2v) is 20.3. The molecule has 0 saturated carbocycles. The van der Waals surface area contributed by atoms with Gasteiger partial charge in [-0.3, -0.25) is 13.7 Å². The first-order valence-corrected chi connectivity index (χ1v) is 27.2. The van der Waals surface area contributed by atoms with Crippen LogP contribution < -0.4 is 5.32 Å². The Kier molecular flexibility index (Phi) is 10.8. The molecule has 14 aromatic rings. The highest BCUT2D eigenvalue weighted by atomic mass is 15.3. The predicted octanol–water partition coefficient (Wildman–Crippen LogP) is 14.9. The van der Waals surface area contributed by atoms with Crippen LogP contribution in [0.2, 0.25) is 0 Å². The van der Waals surface area contributed by atoms with Gasteiger partial charge in [-0.15, -0.1) is 0 Å². The Labute approximate surface area is 464 Å². The number of aromatic nitrogens is 9. The summed E-state index contributed by atoms with van der Waals surface area (Å²) in [7, 11) is 0. The van der Waals surface area contributed by atoms with E-state index in [0.29, 0.717) is 47.0 Å². The van der Waals surface area contributed by atoms with Gasteiger partial charge in [-0.05, 0) is 48.4 Å². The number of aliphatic imine (C=N–C) groups is 2. The summed E-state index contributed by atoms with van der Waals surface area (Å²) in [6.45, 7) is 0. The van der Waals surface area contributed by atoms with Gasteiger partial charge >= 0.3 is 0 Å². The van der Waals surface area contributed by atoms with Crippen LogP contribution in [-0.4, -0.2) is 55.4 Å². The van der Waals surface area contributed by atoms with Gasteiger partial charge in [0.05, 0.1) is 33.1 Å². The van der Waals surface area contributed by atoms with Gasteiger partial charge in [0.1, 0.15) is 12.0 Å². The molecule has 1 N–H and O–H groups in total. The number of nitrogens with one attached hydrogen (secondary N) is 1. The molecule has 12 nitrogen and oxygen atoms in total. The van der Waals surface area contributed by atoms with Gasteiger partial charge in [0.25, 0.3) is 0 Å². The van der Waals surface area contributed by atoms with E-state index in [-0.39, 0.29) is 5.92 Å². The first kappa shape index (κ1) is 46.1. The molecule has 12 heteroatoms. The molecule has 2 aliphatic rings. The number of nitrogens with zero attached hydrogens (tertiary/aromatic N) is 11. The SMILES string of the molecule is C1=CCC(c2nc(-c3ccccc3)nc(-n3c4ccccc4c4c5c6cc7c(cc6n(C6=NC(c8ccccc8)=NC(c8ccccc8)N6)c5ccc43)c3ccccc3n7-c3nc(-c4ccccc4)nc(-c4ccccc4)n3)n2)C=C1. The van der Waals surface area contributed by atoms with E-state index in [1.807, 2.05) is 103 Å². The number of benzene rings is 9. The van der Waals surface area contributed by atoms with Crippen LogP contribution in [-0.2, 0) is 0 Å². The zero-order chi connectivity index (χ0) is 53.4.